The SMILES string of the molecule is Cn1cc(-c2cccc3cc(C(C)(C)C)n(-c4ccccc4)c(=O)c23)cn1. The molecule has 0 radical (unpaired) electrons. The molecule has 4 aromatic rings. The predicted octanol–water partition coefficient (Wildman–Crippen LogP) is 4.69. The maximum atomic E-state index is 13.7. The van der Waals surface area contributed by atoms with Gasteiger partial charge in [-0.3, -0.25) is 14.0 Å². The molecule has 0 saturated heterocycles. The molecular weight excluding hydrogens is 334 g/mol. The molecule has 2 aromatic carbocycles. The summed E-state index contributed by atoms with van der Waals surface area (Å²) in [7, 11) is 1.88. The summed E-state index contributed by atoms with van der Waals surface area (Å²) in [5, 5.41) is 5.96. The van der Waals surface area contributed by atoms with Crippen LogP contribution in [-0.4, -0.2) is 14.3 Å². The van der Waals surface area contributed by atoms with Crippen LogP contribution in [0.2, 0.25) is 0 Å². The van der Waals surface area contributed by atoms with Gasteiger partial charge in [-0.25, -0.2) is 0 Å². The molecule has 0 spiro atoms. The van der Waals surface area contributed by atoms with Crippen LogP contribution in [0.25, 0.3) is 27.6 Å². The molecule has 2 heterocycles. The second kappa shape index (κ2) is 6.23. The van der Waals surface area contributed by atoms with Gasteiger partial charge in [-0.2, -0.15) is 5.10 Å². The van der Waals surface area contributed by atoms with Gasteiger partial charge in [0.1, 0.15) is 0 Å². The Morgan fingerprint density at radius 3 is 2.33 bits per heavy atom. The molecular formula is C23H23N3O. The number of aromatic nitrogens is 3. The Balaban J connectivity index is 2.14. The highest BCUT2D eigenvalue weighted by Gasteiger charge is 2.23. The van der Waals surface area contributed by atoms with Crippen LogP contribution in [-0.2, 0) is 12.5 Å². The summed E-state index contributed by atoms with van der Waals surface area (Å²) in [6, 6.07) is 18.0. The van der Waals surface area contributed by atoms with Crippen molar-refractivity contribution < 1.29 is 0 Å². The molecule has 0 aliphatic heterocycles. The van der Waals surface area contributed by atoms with E-state index in [1.165, 1.54) is 0 Å². The molecule has 0 fully saturated rings. The Morgan fingerprint density at radius 2 is 1.70 bits per heavy atom. The van der Waals surface area contributed by atoms with Crippen molar-refractivity contribution in [1.29, 1.82) is 0 Å². The van der Waals surface area contributed by atoms with Crippen molar-refractivity contribution in [2.75, 3.05) is 0 Å². The molecule has 0 aliphatic carbocycles. The molecule has 27 heavy (non-hydrogen) atoms. The Bertz CT molecular complexity index is 1180. The monoisotopic (exact) mass is 357 g/mol. The van der Waals surface area contributed by atoms with Crippen LogP contribution in [0, 0.1) is 0 Å². The van der Waals surface area contributed by atoms with E-state index in [9.17, 15) is 4.79 Å². The minimum absolute atomic E-state index is 0.00285. The van der Waals surface area contributed by atoms with E-state index in [0.717, 1.165) is 33.3 Å². The van der Waals surface area contributed by atoms with Crippen molar-refractivity contribution in [3.8, 4) is 16.8 Å². The number of fused-ring (bicyclic) bond motifs is 1. The fraction of sp³-hybridized carbons (Fsp3) is 0.217. The normalized spacial score (nSPS) is 11.9. The molecule has 0 amide bonds. The molecule has 136 valence electrons. The van der Waals surface area contributed by atoms with Crippen LogP contribution < -0.4 is 5.56 Å². The number of aryl methyl sites for hydroxylation is 1. The van der Waals surface area contributed by atoms with E-state index in [-0.39, 0.29) is 11.0 Å². The number of nitrogens with zero attached hydrogens (tertiary/aromatic N) is 3. The van der Waals surface area contributed by atoms with E-state index < -0.39 is 0 Å². The molecule has 0 N–H and O–H groups in total. The Kier molecular flexibility index (Phi) is 3.99. The second-order valence-corrected chi connectivity index (χ2v) is 7.93. The van der Waals surface area contributed by atoms with Gasteiger partial charge in [0, 0.05) is 35.6 Å². The first kappa shape index (κ1) is 17.3. The fourth-order valence-corrected chi connectivity index (χ4v) is 3.55. The molecule has 4 nitrogen and oxygen atoms in total. The zero-order valence-corrected chi connectivity index (χ0v) is 16.1. The third kappa shape index (κ3) is 2.97. The highest BCUT2D eigenvalue weighted by molar-refractivity contribution is 5.96. The van der Waals surface area contributed by atoms with Gasteiger partial charge < -0.3 is 0 Å². The van der Waals surface area contributed by atoms with Gasteiger partial charge >= 0.3 is 0 Å². The molecule has 4 heteroatoms. The number of hydrogen-bond donors (Lipinski definition) is 0. The summed E-state index contributed by atoms with van der Waals surface area (Å²) in [6.45, 7) is 6.41. The van der Waals surface area contributed by atoms with Gasteiger partial charge in [0.25, 0.3) is 5.56 Å². The van der Waals surface area contributed by atoms with E-state index in [2.05, 4.69) is 31.9 Å². The molecule has 2 aromatic heterocycles. The fourth-order valence-electron chi connectivity index (χ4n) is 3.55. The van der Waals surface area contributed by atoms with Gasteiger partial charge in [-0.05, 0) is 29.1 Å². The highest BCUT2D eigenvalue weighted by Crippen LogP contribution is 2.31. The third-order valence-electron chi connectivity index (χ3n) is 4.85. The van der Waals surface area contributed by atoms with E-state index in [0.29, 0.717) is 0 Å². The van der Waals surface area contributed by atoms with Crippen LogP contribution in [0.3, 0.4) is 0 Å². The van der Waals surface area contributed by atoms with Crippen LogP contribution in [0.15, 0.2) is 71.8 Å². The first-order valence-corrected chi connectivity index (χ1v) is 9.10. The zero-order chi connectivity index (χ0) is 19.2. The summed E-state index contributed by atoms with van der Waals surface area (Å²) < 4.78 is 3.61. The number of para-hydroxylation sites is 1. The highest BCUT2D eigenvalue weighted by atomic mass is 16.1. The predicted molar refractivity (Wildman–Crippen MR) is 110 cm³/mol. The lowest BCUT2D eigenvalue weighted by molar-refractivity contribution is 0.549. The molecule has 4 rings (SSSR count). The summed E-state index contributed by atoms with van der Waals surface area (Å²) in [4.78, 5) is 13.7. The average molecular weight is 357 g/mol. The van der Waals surface area contributed by atoms with Crippen molar-refractivity contribution in [2.24, 2.45) is 7.05 Å². The number of benzene rings is 2. The lowest BCUT2D eigenvalue weighted by Gasteiger charge is -2.25. The van der Waals surface area contributed by atoms with Gasteiger partial charge in [-0.15, -0.1) is 0 Å². The third-order valence-corrected chi connectivity index (χ3v) is 4.85. The molecule has 0 saturated carbocycles. The largest absolute Gasteiger partial charge is 0.280 e. The lowest BCUT2D eigenvalue weighted by atomic mass is 9.89. The zero-order valence-electron chi connectivity index (χ0n) is 16.1. The summed E-state index contributed by atoms with van der Waals surface area (Å²) in [5.41, 5.74) is 3.57. The minimum Gasteiger partial charge on any atom is -0.280 e. The lowest BCUT2D eigenvalue weighted by Crippen LogP contribution is -2.28. The molecule has 0 bridgehead atoms. The number of rotatable bonds is 2. The van der Waals surface area contributed by atoms with Crippen LogP contribution in [0.1, 0.15) is 26.5 Å². The van der Waals surface area contributed by atoms with Crippen molar-refractivity contribution in [1.82, 2.24) is 14.3 Å². The van der Waals surface area contributed by atoms with Crippen LogP contribution in [0.4, 0.5) is 0 Å². The standard InChI is InChI=1S/C23H23N3O/c1-23(2,3)20-13-16-9-8-12-19(17-14-24-25(4)15-17)21(16)22(27)26(20)18-10-6-5-7-11-18/h5-15H,1-4H3. The van der Waals surface area contributed by atoms with Gasteiger partial charge in [0.2, 0.25) is 0 Å². The van der Waals surface area contributed by atoms with Crippen molar-refractivity contribution in [3.05, 3.63) is 83.0 Å². The maximum absolute atomic E-state index is 13.7. The first-order valence-electron chi connectivity index (χ1n) is 9.10. The van der Waals surface area contributed by atoms with E-state index in [1.54, 1.807) is 10.9 Å². The minimum atomic E-state index is -0.173. The number of pyridine rings is 1. The quantitative estimate of drug-likeness (QED) is 0.522. The summed E-state index contributed by atoms with van der Waals surface area (Å²) >= 11 is 0. The second-order valence-electron chi connectivity index (χ2n) is 7.93. The topological polar surface area (TPSA) is 39.8 Å². The molecule has 0 aliphatic rings. The van der Waals surface area contributed by atoms with E-state index >= 15 is 0 Å². The van der Waals surface area contributed by atoms with Gasteiger partial charge in [0.05, 0.1) is 11.6 Å². The van der Waals surface area contributed by atoms with Gasteiger partial charge in [-0.1, -0.05) is 57.2 Å². The van der Waals surface area contributed by atoms with Crippen molar-refractivity contribution in [3.63, 3.8) is 0 Å². The first-order chi connectivity index (χ1) is 12.9. The van der Waals surface area contributed by atoms with Gasteiger partial charge in [0.15, 0.2) is 0 Å². The van der Waals surface area contributed by atoms with Crippen molar-refractivity contribution >= 4 is 10.8 Å². The summed E-state index contributed by atoms with van der Waals surface area (Å²) in [6.07, 6.45) is 3.75. The Hall–Kier alpha value is -3.14. The van der Waals surface area contributed by atoms with Crippen molar-refractivity contribution in [2.45, 2.75) is 26.2 Å². The van der Waals surface area contributed by atoms with Crippen LogP contribution in [0.5, 0.6) is 0 Å². The van der Waals surface area contributed by atoms with E-state index in [1.807, 2.05) is 66.3 Å². The van der Waals surface area contributed by atoms with Crippen LogP contribution >= 0.6 is 0 Å². The Labute approximate surface area is 158 Å². The average Bonchev–Trinajstić information content (AvgIpc) is 3.07. The maximum Gasteiger partial charge on any atom is 0.263 e. The van der Waals surface area contributed by atoms with E-state index in [4.69, 9.17) is 0 Å². The smallest absolute Gasteiger partial charge is 0.263 e. The Morgan fingerprint density at radius 1 is 0.963 bits per heavy atom. The number of hydrogen-bond acceptors (Lipinski definition) is 2. The molecule has 0 atom stereocenters. The summed E-state index contributed by atoms with van der Waals surface area (Å²) in [5.74, 6) is 0. The molecule has 0 unspecified atom stereocenters.